The van der Waals surface area contributed by atoms with Crippen LogP contribution in [0.3, 0.4) is 0 Å². The number of anilines is 3. The van der Waals surface area contributed by atoms with Gasteiger partial charge in [-0.3, -0.25) is 4.79 Å². The molecule has 0 spiro atoms. The van der Waals surface area contributed by atoms with Crippen LogP contribution in [-0.2, 0) is 9.53 Å². The second kappa shape index (κ2) is 8.53. The highest BCUT2D eigenvalue weighted by Crippen LogP contribution is 2.31. The van der Waals surface area contributed by atoms with E-state index in [2.05, 4.69) is 15.6 Å². The van der Waals surface area contributed by atoms with E-state index in [-0.39, 0.29) is 11.8 Å². The van der Waals surface area contributed by atoms with Crippen LogP contribution >= 0.6 is 0 Å². The Bertz CT molecular complexity index is 743. The van der Waals surface area contributed by atoms with Crippen molar-refractivity contribution < 1.29 is 19.0 Å². The summed E-state index contributed by atoms with van der Waals surface area (Å²) in [5.74, 6) is 2.06. The number of methoxy groups -OCH3 is 2. The van der Waals surface area contributed by atoms with Gasteiger partial charge >= 0.3 is 0 Å². The quantitative estimate of drug-likeness (QED) is 0.826. The highest BCUT2D eigenvalue weighted by Gasteiger charge is 2.21. The molecule has 1 saturated heterocycles. The van der Waals surface area contributed by atoms with Crippen molar-refractivity contribution in [3.05, 3.63) is 36.5 Å². The maximum Gasteiger partial charge on any atom is 0.227 e. The van der Waals surface area contributed by atoms with Crippen LogP contribution in [0.15, 0.2) is 36.5 Å². The average Bonchev–Trinajstić information content (AvgIpc) is 2.70. The Morgan fingerprint density at radius 2 is 1.96 bits per heavy atom. The first-order chi connectivity index (χ1) is 12.7. The Morgan fingerprint density at radius 1 is 1.15 bits per heavy atom. The van der Waals surface area contributed by atoms with Gasteiger partial charge < -0.3 is 24.8 Å². The molecule has 0 saturated carbocycles. The molecule has 1 aliphatic rings. The van der Waals surface area contributed by atoms with Gasteiger partial charge in [0, 0.05) is 25.2 Å². The molecule has 0 bridgehead atoms. The summed E-state index contributed by atoms with van der Waals surface area (Å²) in [5, 5.41) is 6.11. The minimum Gasteiger partial charge on any atom is -0.497 e. The van der Waals surface area contributed by atoms with Gasteiger partial charge in [-0.05, 0) is 37.1 Å². The zero-order chi connectivity index (χ0) is 18.4. The van der Waals surface area contributed by atoms with Crippen LogP contribution in [0.4, 0.5) is 17.2 Å². The first-order valence-corrected chi connectivity index (χ1v) is 8.53. The molecule has 7 heteroatoms. The van der Waals surface area contributed by atoms with Gasteiger partial charge in [-0.15, -0.1) is 0 Å². The largest absolute Gasteiger partial charge is 0.497 e. The SMILES string of the molecule is COc1ccc(OC)c(Nc2ccc(NC(=O)C3CCOCC3)cn2)c1. The lowest BCUT2D eigenvalue weighted by Crippen LogP contribution is -2.28. The molecule has 0 unspecified atom stereocenters. The Balaban J connectivity index is 1.65. The molecule has 1 aromatic carbocycles. The lowest BCUT2D eigenvalue weighted by Gasteiger charge is -2.21. The van der Waals surface area contributed by atoms with Crippen LogP contribution in [0.1, 0.15) is 12.8 Å². The van der Waals surface area contributed by atoms with E-state index in [0.29, 0.717) is 36.2 Å². The molecule has 0 aliphatic carbocycles. The predicted octanol–water partition coefficient (Wildman–Crippen LogP) is 3.21. The molecule has 1 aromatic heterocycles. The second-order valence-corrected chi connectivity index (χ2v) is 6.00. The van der Waals surface area contributed by atoms with Crippen molar-refractivity contribution in [2.45, 2.75) is 12.8 Å². The summed E-state index contributed by atoms with van der Waals surface area (Å²) >= 11 is 0. The fraction of sp³-hybridized carbons (Fsp3) is 0.368. The van der Waals surface area contributed by atoms with E-state index >= 15 is 0 Å². The van der Waals surface area contributed by atoms with Crippen molar-refractivity contribution in [1.82, 2.24) is 4.98 Å². The molecule has 1 fully saturated rings. The third-order valence-corrected chi connectivity index (χ3v) is 4.29. The lowest BCUT2D eigenvalue weighted by molar-refractivity contribution is -0.122. The monoisotopic (exact) mass is 357 g/mol. The number of hydrogen-bond donors (Lipinski definition) is 2. The molecule has 26 heavy (non-hydrogen) atoms. The molecule has 2 heterocycles. The number of carbonyl (C=O) groups is 1. The number of amides is 1. The maximum absolute atomic E-state index is 12.3. The number of nitrogens with one attached hydrogen (secondary N) is 2. The van der Waals surface area contributed by atoms with Gasteiger partial charge in [0.2, 0.25) is 5.91 Å². The fourth-order valence-electron chi connectivity index (χ4n) is 2.80. The molecule has 7 nitrogen and oxygen atoms in total. The highest BCUT2D eigenvalue weighted by molar-refractivity contribution is 5.92. The predicted molar refractivity (Wildman–Crippen MR) is 99.2 cm³/mol. The Kier molecular flexibility index (Phi) is 5.91. The molecular formula is C19H23N3O4. The standard InChI is InChI=1S/C19H23N3O4/c1-24-15-4-5-17(25-2)16(11-15)22-18-6-3-14(12-20-18)21-19(23)13-7-9-26-10-8-13/h3-6,11-13H,7-10H2,1-2H3,(H,20,22)(H,21,23). The summed E-state index contributed by atoms with van der Waals surface area (Å²) in [6, 6.07) is 9.11. The molecule has 0 atom stereocenters. The summed E-state index contributed by atoms with van der Waals surface area (Å²) in [5.41, 5.74) is 1.42. The normalized spacial score (nSPS) is 14.5. The molecule has 2 aromatic rings. The zero-order valence-corrected chi connectivity index (χ0v) is 15.0. The summed E-state index contributed by atoms with van der Waals surface area (Å²) in [6.07, 6.45) is 3.15. The summed E-state index contributed by atoms with van der Waals surface area (Å²) in [6.45, 7) is 1.28. The van der Waals surface area contributed by atoms with Gasteiger partial charge in [0.05, 0.1) is 31.8 Å². The molecule has 0 radical (unpaired) electrons. The minimum atomic E-state index is 0.00240. The number of carbonyl (C=O) groups excluding carboxylic acids is 1. The van der Waals surface area contributed by atoms with E-state index in [4.69, 9.17) is 14.2 Å². The van der Waals surface area contributed by atoms with Gasteiger partial charge in [-0.1, -0.05) is 0 Å². The average molecular weight is 357 g/mol. The first kappa shape index (κ1) is 18.0. The molecular weight excluding hydrogens is 334 g/mol. The van der Waals surface area contributed by atoms with Crippen LogP contribution in [-0.4, -0.2) is 38.3 Å². The number of pyridine rings is 1. The van der Waals surface area contributed by atoms with E-state index in [1.807, 2.05) is 24.3 Å². The minimum absolute atomic E-state index is 0.00240. The molecule has 3 rings (SSSR count). The van der Waals surface area contributed by atoms with Gasteiger partial charge in [0.15, 0.2) is 0 Å². The third-order valence-electron chi connectivity index (χ3n) is 4.29. The number of rotatable bonds is 6. The summed E-state index contributed by atoms with van der Waals surface area (Å²) in [4.78, 5) is 16.6. The summed E-state index contributed by atoms with van der Waals surface area (Å²) < 4.78 is 15.9. The van der Waals surface area contributed by atoms with Gasteiger partial charge in [0.25, 0.3) is 0 Å². The van der Waals surface area contributed by atoms with E-state index in [1.54, 1.807) is 26.5 Å². The maximum atomic E-state index is 12.3. The van der Waals surface area contributed by atoms with Crippen molar-refractivity contribution in [3.8, 4) is 11.5 Å². The van der Waals surface area contributed by atoms with Crippen molar-refractivity contribution in [2.75, 3.05) is 38.1 Å². The van der Waals surface area contributed by atoms with Crippen molar-refractivity contribution in [1.29, 1.82) is 0 Å². The van der Waals surface area contributed by atoms with Gasteiger partial charge in [-0.2, -0.15) is 0 Å². The first-order valence-electron chi connectivity index (χ1n) is 8.53. The molecule has 1 amide bonds. The molecule has 1 aliphatic heterocycles. The highest BCUT2D eigenvalue weighted by atomic mass is 16.5. The van der Waals surface area contributed by atoms with E-state index in [1.165, 1.54) is 0 Å². The van der Waals surface area contributed by atoms with Gasteiger partial charge in [-0.25, -0.2) is 4.98 Å². The van der Waals surface area contributed by atoms with Crippen LogP contribution < -0.4 is 20.1 Å². The van der Waals surface area contributed by atoms with E-state index in [0.717, 1.165) is 18.5 Å². The van der Waals surface area contributed by atoms with Crippen LogP contribution in [0.2, 0.25) is 0 Å². The van der Waals surface area contributed by atoms with Crippen LogP contribution in [0.5, 0.6) is 11.5 Å². The zero-order valence-electron chi connectivity index (χ0n) is 15.0. The van der Waals surface area contributed by atoms with E-state index < -0.39 is 0 Å². The fourth-order valence-corrected chi connectivity index (χ4v) is 2.80. The van der Waals surface area contributed by atoms with Crippen LogP contribution in [0, 0.1) is 5.92 Å². The van der Waals surface area contributed by atoms with E-state index in [9.17, 15) is 4.79 Å². The van der Waals surface area contributed by atoms with Crippen molar-refractivity contribution in [2.24, 2.45) is 5.92 Å². The van der Waals surface area contributed by atoms with Crippen molar-refractivity contribution in [3.63, 3.8) is 0 Å². The van der Waals surface area contributed by atoms with Gasteiger partial charge in [0.1, 0.15) is 17.3 Å². The van der Waals surface area contributed by atoms with Crippen LogP contribution in [0.25, 0.3) is 0 Å². The number of ether oxygens (including phenoxy) is 3. The smallest absolute Gasteiger partial charge is 0.227 e. The number of benzene rings is 1. The molecule has 138 valence electrons. The second-order valence-electron chi connectivity index (χ2n) is 6.00. The Hall–Kier alpha value is -2.80. The third kappa shape index (κ3) is 4.43. The topological polar surface area (TPSA) is 81.7 Å². The summed E-state index contributed by atoms with van der Waals surface area (Å²) in [7, 11) is 3.22. The lowest BCUT2D eigenvalue weighted by atomic mass is 9.99. The molecule has 2 N–H and O–H groups in total. The number of aromatic nitrogens is 1. The number of hydrogen-bond acceptors (Lipinski definition) is 6. The van der Waals surface area contributed by atoms with Crippen molar-refractivity contribution >= 4 is 23.1 Å². The Morgan fingerprint density at radius 3 is 2.62 bits per heavy atom. The Labute approximate surface area is 152 Å². The number of nitrogens with zero attached hydrogens (tertiary/aromatic N) is 1.